The van der Waals surface area contributed by atoms with E-state index in [1.165, 1.54) is 51.6 Å². The van der Waals surface area contributed by atoms with Gasteiger partial charge >= 0.3 is 0 Å². The van der Waals surface area contributed by atoms with E-state index in [0.717, 1.165) is 25.6 Å². The summed E-state index contributed by atoms with van der Waals surface area (Å²) in [6.07, 6.45) is 8.57. The van der Waals surface area contributed by atoms with E-state index < -0.39 is 0 Å². The van der Waals surface area contributed by atoms with Crippen molar-refractivity contribution in [1.29, 1.82) is 0 Å². The first kappa shape index (κ1) is 11.5. The molecule has 3 rings (SSSR count). The highest BCUT2D eigenvalue weighted by Gasteiger charge is 2.32. The van der Waals surface area contributed by atoms with Crippen LogP contribution in [0.25, 0.3) is 0 Å². The molecule has 1 saturated carbocycles. The average Bonchev–Trinajstić information content (AvgIpc) is 3.05. The lowest BCUT2D eigenvalue weighted by Crippen LogP contribution is -2.37. The van der Waals surface area contributed by atoms with Gasteiger partial charge in [0.15, 0.2) is 0 Å². The van der Waals surface area contributed by atoms with Gasteiger partial charge in [-0.2, -0.15) is 0 Å². The number of carbonyl (C=O) groups excluding carboxylic acids is 1. The van der Waals surface area contributed by atoms with Crippen LogP contribution in [-0.2, 0) is 4.79 Å². The molecule has 3 heteroatoms. The van der Waals surface area contributed by atoms with Crippen molar-refractivity contribution >= 4 is 5.91 Å². The molecule has 0 aromatic rings. The van der Waals surface area contributed by atoms with Crippen LogP contribution in [-0.4, -0.2) is 47.9 Å². The highest BCUT2D eigenvalue weighted by atomic mass is 16.2. The zero-order valence-corrected chi connectivity index (χ0v) is 10.7. The number of rotatable bonds is 3. The Morgan fingerprint density at radius 2 is 1.59 bits per heavy atom. The molecule has 0 unspecified atom stereocenters. The lowest BCUT2D eigenvalue weighted by molar-refractivity contribution is -0.131. The van der Waals surface area contributed by atoms with Crippen LogP contribution in [0.4, 0.5) is 0 Å². The summed E-state index contributed by atoms with van der Waals surface area (Å²) < 4.78 is 0. The Labute approximate surface area is 104 Å². The van der Waals surface area contributed by atoms with Crippen LogP contribution in [0.5, 0.6) is 0 Å². The highest BCUT2D eigenvalue weighted by Crippen LogP contribution is 2.31. The smallest absolute Gasteiger partial charge is 0.222 e. The van der Waals surface area contributed by atoms with Gasteiger partial charge in [-0.05, 0) is 57.5 Å². The number of hydrogen-bond donors (Lipinski definition) is 0. The summed E-state index contributed by atoms with van der Waals surface area (Å²) in [7, 11) is 0. The molecule has 3 fully saturated rings. The fourth-order valence-electron chi connectivity index (χ4n) is 3.30. The number of likely N-dealkylation sites (tertiary alicyclic amines) is 2. The predicted molar refractivity (Wildman–Crippen MR) is 67.8 cm³/mol. The molecule has 0 N–H and O–H groups in total. The van der Waals surface area contributed by atoms with Crippen LogP contribution in [0.15, 0.2) is 0 Å². The number of nitrogens with zero attached hydrogens (tertiary/aromatic N) is 2. The quantitative estimate of drug-likeness (QED) is 0.747. The molecule has 0 atom stereocenters. The van der Waals surface area contributed by atoms with E-state index in [1.54, 1.807) is 0 Å². The summed E-state index contributed by atoms with van der Waals surface area (Å²) >= 11 is 0. The van der Waals surface area contributed by atoms with Gasteiger partial charge in [-0.1, -0.05) is 0 Å². The first-order valence-corrected chi connectivity index (χ1v) is 7.35. The third-order valence-electron chi connectivity index (χ3n) is 4.63. The van der Waals surface area contributed by atoms with Crippen molar-refractivity contribution in [2.45, 2.75) is 51.0 Å². The molecule has 1 aliphatic carbocycles. The molecule has 0 spiro atoms. The number of amides is 1. The van der Waals surface area contributed by atoms with Crippen molar-refractivity contribution in [2.75, 3.05) is 26.2 Å². The Kier molecular flexibility index (Phi) is 3.37. The summed E-state index contributed by atoms with van der Waals surface area (Å²) in [5.74, 6) is 1.09. The zero-order valence-electron chi connectivity index (χ0n) is 10.7. The van der Waals surface area contributed by atoms with Crippen molar-refractivity contribution < 1.29 is 4.79 Å². The van der Waals surface area contributed by atoms with Gasteiger partial charge < -0.3 is 9.80 Å². The normalized spacial score (nSPS) is 27.6. The minimum atomic E-state index is 0.423. The Hall–Kier alpha value is -0.570. The third kappa shape index (κ3) is 2.82. The van der Waals surface area contributed by atoms with Crippen molar-refractivity contribution in [2.24, 2.45) is 5.92 Å². The van der Waals surface area contributed by atoms with Gasteiger partial charge in [0.2, 0.25) is 5.91 Å². The molecule has 1 amide bonds. The molecular formula is C14H24N2O. The lowest BCUT2D eigenvalue weighted by Gasteiger charge is -2.32. The average molecular weight is 236 g/mol. The van der Waals surface area contributed by atoms with Gasteiger partial charge in [-0.3, -0.25) is 4.79 Å². The van der Waals surface area contributed by atoms with Crippen LogP contribution in [0, 0.1) is 5.92 Å². The van der Waals surface area contributed by atoms with Crippen molar-refractivity contribution in [3.63, 3.8) is 0 Å². The molecule has 3 aliphatic rings. The minimum Gasteiger partial charge on any atom is -0.343 e. The van der Waals surface area contributed by atoms with Crippen molar-refractivity contribution in [3.05, 3.63) is 0 Å². The summed E-state index contributed by atoms with van der Waals surface area (Å²) in [5, 5.41) is 0. The molecule has 0 bridgehead atoms. The maximum atomic E-state index is 12.1. The van der Waals surface area contributed by atoms with Gasteiger partial charge in [0, 0.05) is 25.6 Å². The molecule has 2 saturated heterocycles. The lowest BCUT2D eigenvalue weighted by atomic mass is 9.93. The Bertz CT molecular complexity index is 274. The standard InChI is InChI=1S/C14H24N2O/c17-14(16-7-1-2-8-16)11-12-5-9-15(10-6-12)13-3-4-13/h12-13H,1-11H2. The number of hydrogen-bond acceptors (Lipinski definition) is 2. The maximum Gasteiger partial charge on any atom is 0.222 e. The fraction of sp³-hybridized carbons (Fsp3) is 0.929. The van der Waals surface area contributed by atoms with E-state index in [-0.39, 0.29) is 0 Å². The van der Waals surface area contributed by atoms with Crippen LogP contribution in [0.2, 0.25) is 0 Å². The summed E-state index contributed by atoms with van der Waals surface area (Å²) in [6, 6.07) is 0.908. The molecular weight excluding hydrogens is 212 g/mol. The monoisotopic (exact) mass is 236 g/mol. The van der Waals surface area contributed by atoms with E-state index in [2.05, 4.69) is 9.80 Å². The molecule has 2 aliphatic heterocycles. The predicted octanol–water partition coefficient (Wildman–Crippen LogP) is 1.87. The second-order valence-electron chi connectivity index (χ2n) is 6.00. The second kappa shape index (κ2) is 4.97. The molecule has 0 radical (unpaired) electrons. The third-order valence-corrected chi connectivity index (χ3v) is 4.63. The molecule has 0 aromatic heterocycles. The van der Waals surface area contributed by atoms with Gasteiger partial charge in [-0.15, -0.1) is 0 Å². The van der Waals surface area contributed by atoms with E-state index >= 15 is 0 Å². The summed E-state index contributed by atoms with van der Waals surface area (Å²) in [4.78, 5) is 16.8. The zero-order chi connectivity index (χ0) is 11.7. The van der Waals surface area contributed by atoms with Gasteiger partial charge in [0.1, 0.15) is 0 Å². The Morgan fingerprint density at radius 1 is 0.941 bits per heavy atom. The van der Waals surface area contributed by atoms with Crippen LogP contribution in [0.1, 0.15) is 44.9 Å². The molecule has 2 heterocycles. The number of carbonyl (C=O) groups is 1. The topological polar surface area (TPSA) is 23.6 Å². The maximum absolute atomic E-state index is 12.1. The van der Waals surface area contributed by atoms with E-state index in [0.29, 0.717) is 11.8 Å². The summed E-state index contributed by atoms with van der Waals surface area (Å²) in [6.45, 7) is 4.50. The first-order valence-electron chi connectivity index (χ1n) is 7.35. The van der Waals surface area contributed by atoms with Gasteiger partial charge in [0.05, 0.1) is 0 Å². The largest absolute Gasteiger partial charge is 0.343 e. The van der Waals surface area contributed by atoms with Crippen LogP contribution >= 0.6 is 0 Å². The van der Waals surface area contributed by atoms with E-state index in [9.17, 15) is 4.79 Å². The second-order valence-corrected chi connectivity index (χ2v) is 6.00. The Balaban J connectivity index is 1.41. The molecule has 0 aromatic carbocycles. The van der Waals surface area contributed by atoms with Crippen LogP contribution in [0.3, 0.4) is 0 Å². The van der Waals surface area contributed by atoms with Gasteiger partial charge in [-0.25, -0.2) is 0 Å². The molecule has 17 heavy (non-hydrogen) atoms. The fourth-order valence-corrected chi connectivity index (χ4v) is 3.30. The van der Waals surface area contributed by atoms with Gasteiger partial charge in [0.25, 0.3) is 0 Å². The highest BCUT2D eigenvalue weighted by molar-refractivity contribution is 5.76. The van der Waals surface area contributed by atoms with E-state index in [1.807, 2.05) is 0 Å². The van der Waals surface area contributed by atoms with Crippen LogP contribution < -0.4 is 0 Å². The Morgan fingerprint density at radius 3 is 2.18 bits per heavy atom. The molecule has 96 valence electrons. The van der Waals surface area contributed by atoms with Crippen molar-refractivity contribution in [3.8, 4) is 0 Å². The first-order chi connectivity index (χ1) is 8.33. The van der Waals surface area contributed by atoms with E-state index in [4.69, 9.17) is 0 Å². The summed E-state index contributed by atoms with van der Waals surface area (Å²) in [5.41, 5.74) is 0. The SMILES string of the molecule is O=C(CC1CCN(C2CC2)CC1)N1CCCC1. The minimum absolute atomic E-state index is 0.423. The molecule has 3 nitrogen and oxygen atoms in total. The van der Waals surface area contributed by atoms with Crippen molar-refractivity contribution in [1.82, 2.24) is 9.80 Å². The number of piperidine rings is 1.